The monoisotopic (exact) mass is 212 g/mol. The lowest BCUT2D eigenvalue weighted by molar-refractivity contribution is 0.124. The number of hydrogen-bond acceptors (Lipinski definition) is 4. The molecule has 1 aromatic heterocycles. The van der Waals surface area contributed by atoms with Crippen molar-refractivity contribution in [3.63, 3.8) is 0 Å². The van der Waals surface area contributed by atoms with Crippen LogP contribution in [-0.4, -0.2) is 35.3 Å². The number of aryl methyl sites for hydroxylation is 1. The Balaban J connectivity index is 2.39. The molecule has 0 aliphatic heterocycles. The normalized spacial score (nSPS) is 13.0. The van der Waals surface area contributed by atoms with Gasteiger partial charge in [0.1, 0.15) is 0 Å². The van der Waals surface area contributed by atoms with E-state index in [1.165, 1.54) is 0 Å². The lowest BCUT2D eigenvalue weighted by Crippen LogP contribution is -2.21. The summed E-state index contributed by atoms with van der Waals surface area (Å²) in [5, 5.41) is 11.0. The second kappa shape index (κ2) is 6.53. The first-order valence-corrected chi connectivity index (χ1v) is 5.39. The Kier molecular flexibility index (Phi) is 5.28. The van der Waals surface area contributed by atoms with Gasteiger partial charge in [-0.1, -0.05) is 12.1 Å². The van der Waals surface area contributed by atoms with Gasteiger partial charge in [-0.2, -0.15) is 0 Å². The van der Waals surface area contributed by atoms with Crippen LogP contribution in [0.15, 0.2) is 6.20 Å². The fourth-order valence-corrected chi connectivity index (χ4v) is 1.50. The molecule has 1 unspecified atom stereocenters. The summed E-state index contributed by atoms with van der Waals surface area (Å²) in [4.78, 5) is 0. The van der Waals surface area contributed by atoms with Crippen LogP contribution in [-0.2, 0) is 11.8 Å². The van der Waals surface area contributed by atoms with Gasteiger partial charge in [-0.05, 0) is 19.9 Å². The van der Waals surface area contributed by atoms with E-state index in [1.54, 1.807) is 10.9 Å². The summed E-state index contributed by atoms with van der Waals surface area (Å²) >= 11 is 0. The molecule has 1 rings (SSSR count). The Morgan fingerprint density at radius 1 is 1.53 bits per heavy atom. The smallest absolute Gasteiger partial charge is 0.0754 e. The van der Waals surface area contributed by atoms with Gasteiger partial charge < -0.3 is 10.1 Å². The molecule has 0 saturated heterocycles. The summed E-state index contributed by atoms with van der Waals surface area (Å²) in [6, 6.07) is 0.266. The van der Waals surface area contributed by atoms with Crippen molar-refractivity contribution in [3.8, 4) is 0 Å². The Bertz CT molecular complexity index is 274. The van der Waals surface area contributed by atoms with Crippen molar-refractivity contribution in [1.29, 1.82) is 0 Å². The molecule has 1 atom stereocenters. The molecular weight excluding hydrogens is 192 g/mol. The fraction of sp³-hybridized carbons (Fsp3) is 0.800. The van der Waals surface area contributed by atoms with E-state index >= 15 is 0 Å². The minimum absolute atomic E-state index is 0.266. The van der Waals surface area contributed by atoms with Crippen LogP contribution in [0.25, 0.3) is 0 Å². The molecule has 0 radical (unpaired) electrons. The minimum atomic E-state index is 0.266. The van der Waals surface area contributed by atoms with Crippen molar-refractivity contribution < 1.29 is 4.74 Å². The van der Waals surface area contributed by atoms with Crippen molar-refractivity contribution in [2.24, 2.45) is 7.05 Å². The van der Waals surface area contributed by atoms with E-state index in [1.807, 2.05) is 14.1 Å². The van der Waals surface area contributed by atoms with Crippen LogP contribution in [0.5, 0.6) is 0 Å². The molecule has 5 heteroatoms. The van der Waals surface area contributed by atoms with E-state index in [0.29, 0.717) is 0 Å². The number of aromatic nitrogens is 3. The minimum Gasteiger partial charge on any atom is -0.381 e. The van der Waals surface area contributed by atoms with E-state index < -0.39 is 0 Å². The third-order valence-corrected chi connectivity index (χ3v) is 2.35. The van der Waals surface area contributed by atoms with Crippen LogP contribution in [0.2, 0.25) is 0 Å². The maximum atomic E-state index is 5.46. The molecule has 0 aliphatic rings. The predicted molar refractivity (Wildman–Crippen MR) is 58.5 cm³/mol. The van der Waals surface area contributed by atoms with Crippen molar-refractivity contribution in [3.05, 3.63) is 11.9 Å². The van der Waals surface area contributed by atoms with Gasteiger partial charge in [0.05, 0.1) is 17.9 Å². The molecule has 86 valence electrons. The lowest BCUT2D eigenvalue weighted by atomic mass is 10.1. The van der Waals surface area contributed by atoms with E-state index in [0.717, 1.165) is 31.7 Å². The zero-order chi connectivity index (χ0) is 11.1. The molecule has 1 aromatic rings. The van der Waals surface area contributed by atoms with Crippen molar-refractivity contribution in [2.75, 3.05) is 20.3 Å². The standard InChI is InChI=1S/C10H20N4O/c1-4-6-15-7-5-9(11-2)10-8-12-13-14(10)3/h8-9,11H,4-7H2,1-3H3. The quantitative estimate of drug-likeness (QED) is 0.682. The zero-order valence-corrected chi connectivity index (χ0v) is 9.73. The zero-order valence-electron chi connectivity index (χ0n) is 9.73. The van der Waals surface area contributed by atoms with Crippen LogP contribution in [0.4, 0.5) is 0 Å². The van der Waals surface area contributed by atoms with E-state index in [-0.39, 0.29) is 6.04 Å². The highest BCUT2D eigenvalue weighted by atomic mass is 16.5. The van der Waals surface area contributed by atoms with Gasteiger partial charge in [-0.3, -0.25) is 4.68 Å². The van der Waals surface area contributed by atoms with Crippen LogP contribution in [0.3, 0.4) is 0 Å². The highest BCUT2D eigenvalue weighted by Gasteiger charge is 2.12. The molecule has 0 aromatic carbocycles. The van der Waals surface area contributed by atoms with E-state index in [2.05, 4.69) is 22.6 Å². The molecule has 0 bridgehead atoms. The molecule has 0 amide bonds. The first kappa shape index (κ1) is 12.1. The second-order valence-corrected chi connectivity index (χ2v) is 3.52. The fourth-order valence-electron chi connectivity index (χ4n) is 1.50. The first-order chi connectivity index (χ1) is 7.29. The molecule has 1 heterocycles. The van der Waals surface area contributed by atoms with Crippen LogP contribution >= 0.6 is 0 Å². The van der Waals surface area contributed by atoms with Gasteiger partial charge >= 0.3 is 0 Å². The van der Waals surface area contributed by atoms with E-state index in [9.17, 15) is 0 Å². The molecule has 0 aliphatic carbocycles. The molecule has 5 nitrogen and oxygen atoms in total. The predicted octanol–water partition coefficient (Wildman–Crippen LogP) is 0.892. The van der Waals surface area contributed by atoms with Crippen LogP contribution in [0.1, 0.15) is 31.5 Å². The number of rotatable bonds is 7. The third kappa shape index (κ3) is 3.60. The molecule has 15 heavy (non-hydrogen) atoms. The van der Waals surface area contributed by atoms with Gasteiger partial charge in [0, 0.05) is 20.3 Å². The molecule has 1 N–H and O–H groups in total. The maximum Gasteiger partial charge on any atom is 0.0754 e. The summed E-state index contributed by atoms with van der Waals surface area (Å²) in [6.07, 6.45) is 3.80. The van der Waals surface area contributed by atoms with Crippen LogP contribution < -0.4 is 5.32 Å². The topological polar surface area (TPSA) is 52.0 Å². The molecular formula is C10H20N4O. The number of nitrogens with one attached hydrogen (secondary N) is 1. The SMILES string of the molecule is CCCOCCC(NC)c1cnnn1C. The van der Waals surface area contributed by atoms with Crippen molar-refractivity contribution >= 4 is 0 Å². The summed E-state index contributed by atoms with van der Waals surface area (Å²) in [5.41, 5.74) is 1.09. The van der Waals surface area contributed by atoms with Gasteiger partial charge in [0.25, 0.3) is 0 Å². The molecule has 0 spiro atoms. The summed E-state index contributed by atoms with van der Waals surface area (Å²) in [6.45, 7) is 3.71. The number of hydrogen-bond donors (Lipinski definition) is 1. The van der Waals surface area contributed by atoms with Gasteiger partial charge in [-0.25, -0.2) is 0 Å². The number of nitrogens with zero attached hydrogens (tertiary/aromatic N) is 3. The van der Waals surface area contributed by atoms with Gasteiger partial charge in [0.2, 0.25) is 0 Å². The van der Waals surface area contributed by atoms with Crippen LogP contribution in [0, 0.1) is 0 Å². The third-order valence-electron chi connectivity index (χ3n) is 2.35. The maximum absolute atomic E-state index is 5.46. The Morgan fingerprint density at radius 2 is 2.33 bits per heavy atom. The molecule has 0 fully saturated rings. The van der Waals surface area contributed by atoms with E-state index in [4.69, 9.17) is 4.74 Å². The Morgan fingerprint density at radius 3 is 2.87 bits per heavy atom. The summed E-state index contributed by atoms with van der Waals surface area (Å²) < 4.78 is 7.26. The summed E-state index contributed by atoms with van der Waals surface area (Å²) in [7, 11) is 3.84. The molecule has 0 saturated carbocycles. The summed E-state index contributed by atoms with van der Waals surface area (Å²) in [5.74, 6) is 0. The van der Waals surface area contributed by atoms with Crippen molar-refractivity contribution in [1.82, 2.24) is 20.3 Å². The van der Waals surface area contributed by atoms with Crippen molar-refractivity contribution in [2.45, 2.75) is 25.8 Å². The highest BCUT2D eigenvalue weighted by Crippen LogP contribution is 2.13. The second-order valence-electron chi connectivity index (χ2n) is 3.52. The highest BCUT2D eigenvalue weighted by molar-refractivity contribution is 5.01. The first-order valence-electron chi connectivity index (χ1n) is 5.39. The van der Waals surface area contributed by atoms with Gasteiger partial charge in [-0.15, -0.1) is 5.10 Å². The Hall–Kier alpha value is -0.940. The average Bonchev–Trinajstić information content (AvgIpc) is 2.65. The number of ether oxygens (including phenoxy) is 1. The largest absolute Gasteiger partial charge is 0.381 e. The average molecular weight is 212 g/mol. The Labute approximate surface area is 90.8 Å². The van der Waals surface area contributed by atoms with Gasteiger partial charge in [0.15, 0.2) is 0 Å². The lowest BCUT2D eigenvalue weighted by Gasteiger charge is -2.15.